The zero-order valence-corrected chi connectivity index (χ0v) is 18.2. The SMILES string of the molecule is O=C(O[C@@H](C(=O)c1ccccc1)c1ccc([N+](=O)[O-])cc1)c1ccc2c(c1)-c1ccccc1C2=O. The van der Waals surface area contributed by atoms with Gasteiger partial charge < -0.3 is 4.74 Å². The van der Waals surface area contributed by atoms with Gasteiger partial charge in [-0.3, -0.25) is 19.7 Å². The molecule has 1 atom stereocenters. The molecule has 0 aromatic heterocycles. The van der Waals surface area contributed by atoms with Crippen LogP contribution in [0.5, 0.6) is 0 Å². The Labute approximate surface area is 199 Å². The summed E-state index contributed by atoms with van der Waals surface area (Å²) in [4.78, 5) is 49.6. The highest BCUT2D eigenvalue weighted by atomic mass is 16.6. The molecule has 0 heterocycles. The number of fused-ring (bicyclic) bond motifs is 3. The number of nitrogens with zero attached hydrogens (tertiary/aromatic N) is 1. The van der Waals surface area contributed by atoms with Crippen LogP contribution in [0.3, 0.4) is 0 Å². The number of Topliss-reactive ketones (excluding diaryl/α,β-unsaturated/α-hetero) is 1. The Kier molecular flexibility index (Phi) is 5.51. The van der Waals surface area contributed by atoms with Crippen molar-refractivity contribution in [1.82, 2.24) is 0 Å². The minimum Gasteiger partial charge on any atom is -0.445 e. The normalized spacial score (nSPS) is 12.4. The van der Waals surface area contributed by atoms with E-state index in [1.165, 1.54) is 30.3 Å². The van der Waals surface area contributed by atoms with Gasteiger partial charge in [0.1, 0.15) is 0 Å². The lowest BCUT2D eigenvalue weighted by molar-refractivity contribution is -0.384. The van der Waals surface area contributed by atoms with Crippen molar-refractivity contribution in [2.24, 2.45) is 0 Å². The first-order valence-electron chi connectivity index (χ1n) is 10.8. The molecule has 0 radical (unpaired) electrons. The van der Waals surface area contributed by atoms with Crippen molar-refractivity contribution in [1.29, 1.82) is 0 Å². The number of hydrogen-bond acceptors (Lipinski definition) is 6. The summed E-state index contributed by atoms with van der Waals surface area (Å²) in [7, 11) is 0. The molecule has 4 aromatic rings. The van der Waals surface area contributed by atoms with E-state index in [1.807, 2.05) is 12.1 Å². The van der Waals surface area contributed by atoms with Crippen LogP contribution >= 0.6 is 0 Å². The molecular weight excluding hydrogens is 446 g/mol. The molecule has 1 aliphatic rings. The van der Waals surface area contributed by atoms with Crippen LogP contribution in [0.4, 0.5) is 5.69 Å². The fourth-order valence-corrected chi connectivity index (χ4v) is 4.13. The number of carbonyl (C=O) groups is 3. The smallest absolute Gasteiger partial charge is 0.339 e. The van der Waals surface area contributed by atoms with Gasteiger partial charge in [-0.2, -0.15) is 0 Å². The van der Waals surface area contributed by atoms with Crippen LogP contribution in [0.25, 0.3) is 11.1 Å². The van der Waals surface area contributed by atoms with Crippen LogP contribution < -0.4 is 0 Å². The van der Waals surface area contributed by atoms with Gasteiger partial charge in [-0.25, -0.2) is 4.79 Å². The van der Waals surface area contributed by atoms with Crippen molar-refractivity contribution < 1.29 is 24.0 Å². The topological polar surface area (TPSA) is 104 Å². The standard InChI is InChI=1S/C28H17NO6/c30-25(17-6-2-1-3-7-17)27(18-10-13-20(14-11-18)29(33)34)35-28(32)19-12-15-23-24(16-19)21-8-4-5-9-22(21)26(23)31/h1-16,27H/t27-/m1/s1. The second-order valence-corrected chi connectivity index (χ2v) is 8.00. The molecule has 0 aliphatic heterocycles. The molecule has 35 heavy (non-hydrogen) atoms. The van der Waals surface area contributed by atoms with Crippen LogP contribution in [0.1, 0.15) is 48.3 Å². The Morgan fingerprint density at radius 1 is 0.714 bits per heavy atom. The maximum Gasteiger partial charge on any atom is 0.339 e. The molecule has 5 rings (SSSR count). The maximum absolute atomic E-state index is 13.3. The summed E-state index contributed by atoms with van der Waals surface area (Å²) in [5, 5.41) is 11.0. The van der Waals surface area contributed by atoms with Gasteiger partial charge in [-0.1, -0.05) is 54.6 Å². The molecule has 0 unspecified atom stereocenters. The molecule has 170 valence electrons. The van der Waals surface area contributed by atoms with Crippen molar-refractivity contribution in [3.63, 3.8) is 0 Å². The number of nitro groups is 1. The molecule has 0 saturated carbocycles. The zero-order chi connectivity index (χ0) is 24.5. The van der Waals surface area contributed by atoms with E-state index in [2.05, 4.69) is 0 Å². The minimum absolute atomic E-state index is 0.112. The molecule has 0 fully saturated rings. The fraction of sp³-hybridized carbons (Fsp3) is 0.0357. The lowest BCUT2D eigenvalue weighted by atomic mass is 9.99. The number of benzene rings is 4. The van der Waals surface area contributed by atoms with E-state index >= 15 is 0 Å². The molecule has 0 bridgehead atoms. The number of ether oxygens (including phenoxy) is 1. The Morgan fingerprint density at radius 2 is 1.34 bits per heavy atom. The molecule has 4 aromatic carbocycles. The summed E-state index contributed by atoms with van der Waals surface area (Å²) >= 11 is 0. The summed E-state index contributed by atoms with van der Waals surface area (Å²) in [5.41, 5.74) is 3.09. The highest BCUT2D eigenvalue weighted by molar-refractivity contribution is 6.22. The van der Waals surface area contributed by atoms with E-state index in [0.717, 1.165) is 5.56 Å². The van der Waals surface area contributed by atoms with Crippen molar-refractivity contribution in [2.45, 2.75) is 6.10 Å². The Bertz CT molecular complexity index is 1490. The van der Waals surface area contributed by atoms with Gasteiger partial charge in [-0.05, 0) is 41.5 Å². The fourth-order valence-electron chi connectivity index (χ4n) is 4.13. The van der Waals surface area contributed by atoms with E-state index < -0.39 is 22.8 Å². The molecule has 0 spiro atoms. The average Bonchev–Trinajstić information content (AvgIpc) is 3.19. The van der Waals surface area contributed by atoms with E-state index in [-0.39, 0.29) is 17.0 Å². The molecule has 1 aliphatic carbocycles. The summed E-state index contributed by atoms with van der Waals surface area (Å²) < 4.78 is 5.67. The molecule has 7 nitrogen and oxygen atoms in total. The Balaban J connectivity index is 1.49. The second kappa shape index (κ2) is 8.79. The summed E-state index contributed by atoms with van der Waals surface area (Å²) in [6.45, 7) is 0. The van der Waals surface area contributed by atoms with Gasteiger partial charge in [-0.15, -0.1) is 0 Å². The summed E-state index contributed by atoms with van der Waals surface area (Å²) in [5.74, 6) is -1.33. The molecule has 7 heteroatoms. The first-order valence-corrected chi connectivity index (χ1v) is 10.8. The van der Waals surface area contributed by atoms with Gasteiger partial charge in [0.2, 0.25) is 5.78 Å². The van der Waals surface area contributed by atoms with Crippen LogP contribution in [-0.2, 0) is 4.74 Å². The van der Waals surface area contributed by atoms with E-state index in [0.29, 0.717) is 27.8 Å². The summed E-state index contributed by atoms with van der Waals surface area (Å²) in [6.07, 6.45) is -1.31. The van der Waals surface area contributed by atoms with E-state index in [1.54, 1.807) is 54.6 Å². The van der Waals surface area contributed by atoms with Gasteiger partial charge >= 0.3 is 5.97 Å². The van der Waals surface area contributed by atoms with Crippen LogP contribution in [0, 0.1) is 10.1 Å². The number of carbonyl (C=O) groups excluding carboxylic acids is 3. The first kappa shape index (κ1) is 21.9. The van der Waals surface area contributed by atoms with Gasteiger partial charge in [0.15, 0.2) is 11.9 Å². The van der Waals surface area contributed by atoms with Crippen LogP contribution in [0.2, 0.25) is 0 Å². The lowest BCUT2D eigenvalue weighted by Crippen LogP contribution is -2.20. The summed E-state index contributed by atoms with van der Waals surface area (Å²) in [6, 6.07) is 25.4. The molecule has 0 saturated heterocycles. The average molecular weight is 463 g/mol. The first-order chi connectivity index (χ1) is 16.9. The van der Waals surface area contributed by atoms with Gasteiger partial charge in [0.25, 0.3) is 5.69 Å². The Morgan fingerprint density at radius 3 is 2.03 bits per heavy atom. The van der Waals surface area contributed by atoms with E-state index in [4.69, 9.17) is 4.74 Å². The van der Waals surface area contributed by atoms with Crippen LogP contribution in [0.15, 0.2) is 97.1 Å². The highest BCUT2D eigenvalue weighted by Crippen LogP contribution is 2.37. The van der Waals surface area contributed by atoms with Crippen molar-refractivity contribution in [3.05, 3.63) is 135 Å². The number of non-ortho nitro benzene ring substituents is 1. The van der Waals surface area contributed by atoms with Gasteiger partial charge in [0, 0.05) is 34.4 Å². The largest absolute Gasteiger partial charge is 0.445 e. The third-order valence-corrected chi connectivity index (χ3v) is 5.89. The Hall–Kier alpha value is -4.91. The molecular formula is C28H17NO6. The highest BCUT2D eigenvalue weighted by Gasteiger charge is 2.30. The number of ketones is 2. The van der Waals surface area contributed by atoms with Crippen molar-refractivity contribution >= 4 is 23.2 Å². The van der Waals surface area contributed by atoms with Crippen molar-refractivity contribution in [3.8, 4) is 11.1 Å². The number of rotatable bonds is 6. The predicted molar refractivity (Wildman–Crippen MR) is 127 cm³/mol. The minimum atomic E-state index is -1.31. The van der Waals surface area contributed by atoms with Crippen molar-refractivity contribution in [2.75, 3.05) is 0 Å². The predicted octanol–water partition coefficient (Wildman–Crippen LogP) is 5.59. The number of hydrogen-bond donors (Lipinski definition) is 0. The lowest BCUT2D eigenvalue weighted by Gasteiger charge is -2.18. The molecule has 0 N–H and O–H groups in total. The number of esters is 1. The zero-order valence-electron chi connectivity index (χ0n) is 18.2. The number of nitro benzene ring substituents is 1. The maximum atomic E-state index is 13.3. The third kappa shape index (κ3) is 4.00. The molecule has 0 amide bonds. The quantitative estimate of drug-likeness (QED) is 0.141. The third-order valence-electron chi connectivity index (χ3n) is 5.89. The van der Waals surface area contributed by atoms with Gasteiger partial charge in [0.05, 0.1) is 10.5 Å². The van der Waals surface area contributed by atoms with E-state index in [9.17, 15) is 24.5 Å². The second-order valence-electron chi connectivity index (χ2n) is 8.00. The van der Waals surface area contributed by atoms with Crippen LogP contribution in [-0.4, -0.2) is 22.5 Å². The monoisotopic (exact) mass is 463 g/mol.